The minimum atomic E-state index is -1.68. The monoisotopic (exact) mass is 499 g/mol. The van der Waals surface area contributed by atoms with E-state index in [1.165, 1.54) is 13.2 Å². The lowest BCUT2D eigenvalue weighted by Crippen LogP contribution is -2.45. The van der Waals surface area contributed by atoms with Crippen molar-refractivity contribution in [3.63, 3.8) is 0 Å². The van der Waals surface area contributed by atoms with Gasteiger partial charge in [0, 0.05) is 31.3 Å². The second-order valence-corrected chi connectivity index (χ2v) is 8.02. The van der Waals surface area contributed by atoms with Crippen molar-refractivity contribution in [1.29, 1.82) is 0 Å². The van der Waals surface area contributed by atoms with Crippen molar-refractivity contribution in [1.82, 2.24) is 15.9 Å². The molecule has 12 nitrogen and oxygen atoms in total. The van der Waals surface area contributed by atoms with Gasteiger partial charge in [-0.05, 0) is 43.5 Å². The molecule has 0 radical (unpaired) electrons. The first kappa shape index (κ1) is 30.4. The number of carbonyl (C=O) groups is 3. The highest BCUT2D eigenvalue weighted by atomic mass is 16.7. The zero-order chi connectivity index (χ0) is 26.4. The van der Waals surface area contributed by atoms with Gasteiger partial charge < -0.3 is 25.0 Å². The van der Waals surface area contributed by atoms with Crippen molar-refractivity contribution in [2.45, 2.75) is 51.9 Å². The van der Waals surface area contributed by atoms with Gasteiger partial charge in [0.05, 0.1) is 0 Å². The van der Waals surface area contributed by atoms with Gasteiger partial charge in [-0.1, -0.05) is 13.8 Å². The van der Waals surface area contributed by atoms with Crippen molar-refractivity contribution in [3.05, 3.63) is 34.9 Å². The van der Waals surface area contributed by atoms with Gasteiger partial charge in [-0.15, -0.1) is 0 Å². The Labute approximate surface area is 205 Å². The fraction of sp³-hybridized carbons (Fsp3) is 0.609. The SMILES string of the molecule is CCCN(CCC)C(=O)c1cc(C)cc(C(=O)NOC[C@H](O)[C@H](O)C(O)CONC(=O)COC)c1. The third kappa shape index (κ3) is 10.7. The largest absolute Gasteiger partial charge is 0.388 e. The molecule has 0 saturated heterocycles. The standard InChI is InChI=1S/C23H37N3O9/c1-5-7-26(8-6-2)23(32)17-10-15(3)9-16(11-17)22(31)25-35-13-19(28)21(30)18(27)12-34-24-20(29)14-33-4/h9-11,18-19,21,27-28,30H,5-8,12-14H2,1-4H3,(H,24,29)(H,25,31)/t18?,19-,21+/m0/s1. The Morgan fingerprint density at radius 2 is 1.46 bits per heavy atom. The molecule has 0 aliphatic heterocycles. The number of hydrogen-bond acceptors (Lipinski definition) is 9. The van der Waals surface area contributed by atoms with Crippen LogP contribution in [0.25, 0.3) is 0 Å². The number of benzene rings is 1. The van der Waals surface area contributed by atoms with Crippen LogP contribution in [0.15, 0.2) is 18.2 Å². The lowest BCUT2D eigenvalue weighted by atomic mass is 10.0. The van der Waals surface area contributed by atoms with Crippen LogP contribution in [0.1, 0.15) is 53.0 Å². The predicted molar refractivity (Wildman–Crippen MR) is 125 cm³/mol. The summed E-state index contributed by atoms with van der Waals surface area (Å²) in [5.74, 6) is -1.41. The van der Waals surface area contributed by atoms with E-state index >= 15 is 0 Å². The molecule has 0 saturated carbocycles. The van der Waals surface area contributed by atoms with Crippen molar-refractivity contribution < 1.29 is 44.1 Å². The fourth-order valence-corrected chi connectivity index (χ4v) is 3.15. The van der Waals surface area contributed by atoms with E-state index in [9.17, 15) is 29.7 Å². The number of nitrogens with one attached hydrogen (secondary N) is 2. The van der Waals surface area contributed by atoms with Crippen LogP contribution in [0.5, 0.6) is 0 Å². The maximum Gasteiger partial charge on any atom is 0.274 e. The Morgan fingerprint density at radius 1 is 0.914 bits per heavy atom. The van der Waals surface area contributed by atoms with Gasteiger partial charge in [-0.3, -0.25) is 24.1 Å². The minimum Gasteiger partial charge on any atom is -0.388 e. The van der Waals surface area contributed by atoms with Crippen LogP contribution >= 0.6 is 0 Å². The molecule has 198 valence electrons. The van der Waals surface area contributed by atoms with Gasteiger partial charge in [0.1, 0.15) is 38.1 Å². The molecular weight excluding hydrogens is 462 g/mol. The molecule has 0 aromatic heterocycles. The zero-order valence-corrected chi connectivity index (χ0v) is 20.7. The van der Waals surface area contributed by atoms with E-state index in [1.54, 1.807) is 24.0 Å². The maximum absolute atomic E-state index is 12.9. The summed E-state index contributed by atoms with van der Waals surface area (Å²) in [4.78, 5) is 48.0. The van der Waals surface area contributed by atoms with Gasteiger partial charge in [0.15, 0.2) is 0 Å². The summed E-state index contributed by atoms with van der Waals surface area (Å²) in [6.07, 6.45) is -3.18. The highest BCUT2D eigenvalue weighted by molar-refractivity contribution is 5.99. The molecule has 0 aliphatic rings. The normalized spacial score (nSPS) is 13.6. The number of rotatable bonds is 16. The van der Waals surface area contributed by atoms with Crippen molar-refractivity contribution in [3.8, 4) is 0 Å². The van der Waals surface area contributed by atoms with Crippen LogP contribution in [0.2, 0.25) is 0 Å². The number of aryl methyl sites for hydroxylation is 1. The molecule has 3 atom stereocenters. The first-order chi connectivity index (χ1) is 16.6. The molecule has 5 N–H and O–H groups in total. The molecule has 1 unspecified atom stereocenters. The second kappa shape index (κ2) is 16.1. The lowest BCUT2D eigenvalue weighted by molar-refractivity contribution is -0.148. The number of methoxy groups -OCH3 is 1. The minimum absolute atomic E-state index is 0.166. The maximum atomic E-state index is 12.9. The Morgan fingerprint density at radius 3 is 2.00 bits per heavy atom. The van der Waals surface area contributed by atoms with E-state index in [0.717, 1.165) is 12.8 Å². The molecule has 35 heavy (non-hydrogen) atoms. The molecule has 0 heterocycles. The van der Waals surface area contributed by atoms with Crippen LogP contribution in [0.4, 0.5) is 0 Å². The van der Waals surface area contributed by atoms with Gasteiger partial charge in [0.25, 0.3) is 17.7 Å². The number of amides is 3. The first-order valence-electron chi connectivity index (χ1n) is 11.4. The Hall–Kier alpha value is -2.61. The first-order valence-corrected chi connectivity index (χ1v) is 11.4. The van der Waals surface area contributed by atoms with Crippen molar-refractivity contribution >= 4 is 17.7 Å². The number of carbonyl (C=O) groups excluding carboxylic acids is 3. The molecular formula is C23H37N3O9. The smallest absolute Gasteiger partial charge is 0.274 e. The van der Waals surface area contributed by atoms with Gasteiger partial charge in [-0.25, -0.2) is 11.0 Å². The Balaban J connectivity index is 2.62. The summed E-state index contributed by atoms with van der Waals surface area (Å²) in [5.41, 5.74) is 5.43. The third-order valence-corrected chi connectivity index (χ3v) is 4.78. The van der Waals surface area contributed by atoms with Crippen LogP contribution < -0.4 is 11.0 Å². The molecule has 12 heteroatoms. The van der Waals surface area contributed by atoms with Gasteiger partial charge in [-0.2, -0.15) is 0 Å². The van der Waals surface area contributed by atoms with Crippen LogP contribution in [0, 0.1) is 6.92 Å². The highest BCUT2D eigenvalue weighted by Gasteiger charge is 2.26. The summed E-state index contributed by atoms with van der Waals surface area (Å²) in [7, 11) is 1.32. The summed E-state index contributed by atoms with van der Waals surface area (Å²) in [6, 6.07) is 4.76. The third-order valence-electron chi connectivity index (χ3n) is 4.78. The molecule has 1 aromatic carbocycles. The number of ether oxygens (including phenoxy) is 1. The van der Waals surface area contributed by atoms with E-state index in [4.69, 9.17) is 9.68 Å². The van der Waals surface area contributed by atoms with Crippen LogP contribution in [-0.4, -0.2) is 96.3 Å². The molecule has 0 spiro atoms. The predicted octanol–water partition coefficient (Wildman–Crippen LogP) is -0.304. The quantitative estimate of drug-likeness (QED) is 0.192. The van der Waals surface area contributed by atoms with Crippen molar-refractivity contribution in [2.75, 3.05) is 40.0 Å². The summed E-state index contributed by atoms with van der Waals surface area (Å²) in [5, 5.41) is 29.8. The fourth-order valence-electron chi connectivity index (χ4n) is 3.15. The van der Waals surface area contributed by atoms with Gasteiger partial charge >= 0.3 is 0 Å². The molecule has 0 aliphatic carbocycles. The average Bonchev–Trinajstić information content (AvgIpc) is 2.82. The van der Waals surface area contributed by atoms with E-state index in [-0.39, 0.29) is 18.1 Å². The Kier molecular flexibility index (Phi) is 14.0. The molecule has 3 amide bonds. The van der Waals surface area contributed by atoms with Crippen LogP contribution in [-0.2, 0) is 19.2 Å². The average molecular weight is 500 g/mol. The number of hydrogen-bond donors (Lipinski definition) is 5. The summed E-state index contributed by atoms with van der Waals surface area (Å²) < 4.78 is 4.58. The van der Waals surface area contributed by atoms with E-state index in [2.05, 4.69) is 10.2 Å². The number of aliphatic hydroxyl groups is 3. The molecule has 1 aromatic rings. The van der Waals surface area contributed by atoms with E-state index in [1.807, 2.05) is 19.3 Å². The number of hydroxylamine groups is 2. The molecule has 0 fully saturated rings. The summed E-state index contributed by atoms with van der Waals surface area (Å²) in [6.45, 7) is 5.66. The molecule has 0 bridgehead atoms. The van der Waals surface area contributed by atoms with E-state index < -0.39 is 43.3 Å². The molecule has 1 rings (SSSR count). The number of aliphatic hydroxyl groups excluding tert-OH is 3. The summed E-state index contributed by atoms with van der Waals surface area (Å²) >= 11 is 0. The van der Waals surface area contributed by atoms with E-state index in [0.29, 0.717) is 24.2 Å². The lowest BCUT2D eigenvalue weighted by Gasteiger charge is -2.23. The van der Waals surface area contributed by atoms with Crippen molar-refractivity contribution in [2.24, 2.45) is 0 Å². The number of nitrogens with zero attached hydrogens (tertiary/aromatic N) is 1. The Bertz CT molecular complexity index is 815. The topological polar surface area (TPSA) is 167 Å². The highest BCUT2D eigenvalue weighted by Crippen LogP contribution is 2.13. The second-order valence-electron chi connectivity index (χ2n) is 8.02. The van der Waals surface area contributed by atoms with Gasteiger partial charge in [0.2, 0.25) is 0 Å². The zero-order valence-electron chi connectivity index (χ0n) is 20.7. The van der Waals surface area contributed by atoms with Crippen LogP contribution in [0.3, 0.4) is 0 Å².